The Morgan fingerprint density at radius 1 is 1.14 bits per heavy atom. The van der Waals surface area contributed by atoms with E-state index in [1.54, 1.807) is 12.1 Å². The second-order valence-electron chi connectivity index (χ2n) is 9.62. The van der Waals surface area contributed by atoms with E-state index in [0.29, 0.717) is 17.6 Å². The minimum absolute atomic E-state index is 0.0282. The Hall–Kier alpha value is -2.82. The van der Waals surface area contributed by atoms with Crippen LogP contribution >= 0.6 is 15.9 Å². The molecule has 0 bridgehead atoms. The van der Waals surface area contributed by atoms with Gasteiger partial charge in [0, 0.05) is 35.2 Å². The molecule has 2 aromatic rings. The van der Waals surface area contributed by atoms with E-state index in [2.05, 4.69) is 40.7 Å². The number of carbonyl (C=O) groups is 2. The number of ether oxygens (including phenoxy) is 2. The number of aromatic hydroxyl groups is 1. The second kappa shape index (κ2) is 10.9. The number of halogens is 3. The van der Waals surface area contributed by atoms with E-state index in [4.69, 9.17) is 9.47 Å². The number of carbonyl (C=O) groups excluding carboxylic acids is 2. The van der Waals surface area contributed by atoms with Crippen LogP contribution in [0.5, 0.6) is 11.5 Å². The van der Waals surface area contributed by atoms with Gasteiger partial charge in [-0.25, -0.2) is 0 Å². The van der Waals surface area contributed by atoms with Crippen LogP contribution in [0.25, 0.3) is 6.08 Å². The lowest BCUT2D eigenvalue weighted by Gasteiger charge is -2.47. The number of hydrogen-bond acceptors (Lipinski definition) is 7. The van der Waals surface area contributed by atoms with E-state index in [1.807, 2.05) is 30.4 Å². The van der Waals surface area contributed by atoms with Crippen LogP contribution < -0.4 is 9.64 Å². The molecule has 4 rings (SSSR count). The van der Waals surface area contributed by atoms with Crippen LogP contribution in [0.4, 0.5) is 14.5 Å². The molecule has 1 N–H and O–H groups in total. The summed E-state index contributed by atoms with van der Waals surface area (Å²) in [5, 5.41) is 10.6. The minimum atomic E-state index is -1.64. The molecule has 0 fully saturated rings. The molecule has 2 aliphatic heterocycles. The van der Waals surface area contributed by atoms with Crippen molar-refractivity contribution in [1.82, 2.24) is 4.90 Å². The first-order chi connectivity index (χ1) is 17.6. The maximum absolute atomic E-state index is 12.8. The lowest BCUT2D eigenvalue weighted by molar-refractivity contribution is -0.133. The Balaban J connectivity index is 1.55. The molecule has 0 saturated carbocycles. The van der Waals surface area contributed by atoms with Crippen LogP contribution in [-0.4, -0.2) is 67.2 Å². The number of hydrogen-bond donors (Lipinski definition) is 1. The van der Waals surface area contributed by atoms with Gasteiger partial charge in [0.15, 0.2) is 0 Å². The van der Waals surface area contributed by atoms with Crippen molar-refractivity contribution in [2.75, 3.05) is 44.3 Å². The van der Waals surface area contributed by atoms with Crippen molar-refractivity contribution < 1.29 is 33.0 Å². The SMILES string of the molecule is CC1(C)c2ccccc2N(CCOCCN(CC(=O)F)CC(=O)F)C12C=Cc1cc(O)cc(CBr)c1O2. The molecule has 0 aliphatic carbocycles. The van der Waals surface area contributed by atoms with Gasteiger partial charge in [-0.05, 0) is 49.8 Å². The van der Waals surface area contributed by atoms with Crippen molar-refractivity contribution in [3.05, 3.63) is 59.2 Å². The molecule has 7 nitrogen and oxygen atoms in total. The summed E-state index contributed by atoms with van der Waals surface area (Å²) in [5.41, 5.74) is 2.37. The highest BCUT2D eigenvalue weighted by molar-refractivity contribution is 9.08. The number of benzene rings is 2. The smallest absolute Gasteiger partial charge is 0.315 e. The average Bonchev–Trinajstić information content (AvgIpc) is 3.01. The fraction of sp³-hybridized carbons (Fsp3) is 0.407. The molecule has 37 heavy (non-hydrogen) atoms. The maximum atomic E-state index is 12.8. The molecular formula is C27H29BrF2N2O5. The first kappa shape index (κ1) is 27.2. The molecule has 1 spiro atoms. The number of nitrogens with zero attached hydrogens (tertiary/aromatic N) is 2. The van der Waals surface area contributed by atoms with Crippen molar-refractivity contribution in [3.8, 4) is 11.5 Å². The molecule has 0 saturated heterocycles. The fourth-order valence-corrected chi connectivity index (χ4v) is 5.58. The molecule has 198 valence electrons. The van der Waals surface area contributed by atoms with Crippen molar-refractivity contribution in [3.63, 3.8) is 0 Å². The summed E-state index contributed by atoms with van der Waals surface area (Å²) in [5.74, 6) is 0.848. The van der Waals surface area contributed by atoms with E-state index in [0.717, 1.165) is 27.3 Å². The zero-order valence-electron chi connectivity index (χ0n) is 20.7. The fourth-order valence-electron chi connectivity index (χ4n) is 5.17. The first-order valence-corrected chi connectivity index (χ1v) is 13.0. The van der Waals surface area contributed by atoms with E-state index in [9.17, 15) is 23.5 Å². The van der Waals surface area contributed by atoms with Crippen molar-refractivity contribution in [2.24, 2.45) is 0 Å². The Bertz CT molecular complexity index is 1210. The molecule has 1 atom stereocenters. The zero-order valence-corrected chi connectivity index (χ0v) is 22.3. The predicted octanol–water partition coefficient (Wildman–Crippen LogP) is 4.50. The van der Waals surface area contributed by atoms with E-state index < -0.39 is 36.3 Å². The summed E-state index contributed by atoms with van der Waals surface area (Å²) in [4.78, 5) is 24.8. The standard InChI is InChI=1S/C27H29BrF2N2O5/c1-26(2)21-5-3-4-6-22(21)32(10-12-36-11-9-31(16-23(29)34)17-24(30)35)27(26)8-7-18-13-20(33)14-19(15-28)25(18)37-27/h3-8,13-14,33H,9-12,15-17H2,1-2H3. The summed E-state index contributed by atoms with van der Waals surface area (Å²) in [6.07, 6.45) is 3.97. The molecule has 10 heteroatoms. The highest BCUT2D eigenvalue weighted by atomic mass is 79.9. The molecule has 2 aliphatic rings. The summed E-state index contributed by atoms with van der Waals surface area (Å²) in [6.45, 7) is 3.72. The van der Waals surface area contributed by atoms with Gasteiger partial charge in [-0.2, -0.15) is 8.78 Å². The third-order valence-electron chi connectivity index (χ3n) is 6.94. The maximum Gasteiger partial charge on any atom is 0.315 e. The highest BCUT2D eigenvalue weighted by Gasteiger charge is 2.58. The van der Waals surface area contributed by atoms with Crippen LogP contribution in [-0.2, 0) is 25.1 Å². The van der Waals surface area contributed by atoms with Gasteiger partial charge in [0.1, 0.15) is 11.5 Å². The highest BCUT2D eigenvalue weighted by Crippen LogP contribution is 2.55. The number of alkyl halides is 1. The molecule has 2 aromatic carbocycles. The molecule has 0 aromatic heterocycles. The lowest BCUT2D eigenvalue weighted by atomic mass is 9.76. The van der Waals surface area contributed by atoms with Crippen LogP contribution in [0.2, 0.25) is 0 Å². The van der Waals surface area contributed by atoms with Gasteiger partial charge in [-0.1, -0.05) is 34.1 Å². The van der Waals surface area contributed by atoms with Gasteiger partial charge in [-0.3, -0.25) is 14.5 Å². The van der Waals surface area contributed by atoms with E-state index in [1.165, 1.54) is 0 Å². The topological polar surface area (TPSA) is 79.3 Å². The van der Waals surface area contributed by atoms with Crippen molar-refractivity contribution in [1.29, 1.82) is 0 Å². The number of fused-ring (bicyclic) bond motifs is 2. The second-order valence-corrected chi connectivity index (χ2v) is 10.2. The van der Waals surface area contributed by atoms with Crippen LogP contribution in [0.3, 0.4) is 0 Å². The largest absolute Gasteiger partial charge is 0.508 e. The Kier molecular flexibility index (Phi) is 8.01. The quantitative estimate of drug-likeness (QED) is 0.239. The minimum Gasteiger partial charge on any atom is -0.508 e. The number of anilines is 1. The van der Waals surface area contributed by atoms with Gasteiger partial charge in [0.2, 0.25) is 5.72 Å². The summed E-state index contributed by atoms with van der Waals surface area (Å²) < 4.78 is 38.2. The van der Waals surface area contributed by atoms with Crippen molar-refractivity contribution >= 4 is 39.8 Å². The van der Waals surface area contributed by atoms with Gasteiger partial charge < -0.3 is 19.5 Å². The molecular weight excluding hydrogens is 550 g/mol. The molecule has 0 amide bonds. The monoisotopic (exact) mass is 578 g/mol. The number of phenolic OH excluding ortho intramolecular Hbond substituents is 1. The predicted molar refractivity (Wildman–Crippen MR) is 139 cm³/mol. The Labute approximate surface area is 222 Å². The lowest BCUT2D eigenvalue weighted by Crippen LogP contribution is -2.60. The van der Waals surface area contributed by atoms with E-state index in [-0.39, 0.29) is 25.5 Å². The molecule has 2 heterocycles. The summed E-state index contributed by atoms with van der Waals surface area (Å²) in [6, 6.07) is 8.12. The first-order valence-electron chi connectivity index (χ1n) is 11.9. The number of phenols is 1. The van der Waals surface area contributed by atoms with Gasteiger partial charge >= 0.3 is 12.1 Å². The average molecular weight is 579 g/mol. The van der Waals surface area contributed by atoms with E-state index >= 15 is 0 Å². The normalized spacial score (nSPS) is 19.1. The summed E-state index contributed by atoms with van der Waals surface area (Å²) >= 11 is 3.50. The van der Waals surface area contributed by atoms with Crippen LogP contribution in [0.15, 0.2) is 42.5 Å². The number of para-hydroxylation sites is 1. The van der Waals surface area contributed by atoms with Gasteiger partial charge in [0.25, 0.3) is 0 Å². The Morgan fingerprint density at radius 3 is 2.51 bits per heavy atom. The summed E-state index contributed by atoms with van der Waals surface area (Å²) in [7, 11) is 0. The third kappa shape index (κ3) is 5.28. The van der Waals surface area contributed by atoms with Crippen LogP contribution in [0, 0.1) is 0 Å². The van der Waals surface area contributed by atoms with Crippen LogP contribution in [0.1, 0.15) is 30.5 Å². The van der Waals surface area contributed by atoms with Gasteiger partial charge in [0.05, 0.1) is 31.7 Å². The van der Waals surface area contributed by atoms with Crippen molar-refractivity contribution in [2.45, 2.75) is 30.3 Å². The Morgan fingerprint density at radius 2 is 1.84 bits per heavy atom. The third-order valence-corrected chi connectivity index (χ3v) is 7.55. The zero-order chi connectivity index (χ0) is 26.8. The van der Waals surface area contributed by atoms with Gasteiger partial charge in [-0.15, -0.1) is 0 Å². The number of rotatable bonds is 11. The molecule has 0 radical (unpaired) electrons. The molecule has 1 unspecified atom stereocenters.